The van der Waals surface area contributed by atoms with Crippen LogP contribution in [-0.2, 0) is 14.3 Å². The molecule has 0 radical (unpaired) electrons. The summed E-state index contributed by atoms with van der Waals surface area (Å²) in [6, 6.07) is 6.65. The quantitative estimate of drug-likeness (QED) is 0.895. The lowest BCUT2D eigenvalue weighted by atomic mass is 9.78. The highest BCUT2D eigenvalue weighted by Crippen LogP contribution is 2.43. The molecule has 0 unspecified atom stereocenters. The number of rotatable bonds is 3. The third-order valence-corrected chi connectivity index (χ3v) is 4.21. The van der Waals surface area contributed by atoms with Gasteiger partial charge < -0.3 is 20.0 Å². The number of carboxylic acid groups (broad SMARTS) is 1. The van der Waals surface area contributed by atoms with Crippen LogP contribution in [0.3, 0.4) is 0 Å². The third-order valence-electron chi connectivity index (χ3n) is 3.96. The summed E-state index contributed by atoms with van der Waals surface area (Å²) in [5.74, 6) is -3.10. The van der Waals surface area contributed by atoms with E-state index in [1.54, 1.807) is 24.3 Å². The molecule has 1 amide bonds. The van der Waals surface area contributed by atoms with Crippen LogP contribution in [0.1, 0.15) is 12.8 Å². The summed E-state index contributed by atoms with van der Waals surface area (Å²) >= 11 is 5.77. The van der Waals surface area contributed by atoms with Gasteiger partial charge in [0.15, 0.2) is 0 Å². The van der Waals surface area contributed by atoms with Gasteiger partial charge in [0.1, 0.15) is 0 Å². The highest BCUT2D eigenvalue weighted by molar-refractivity contribution is 6.30. The van der Waals surface area contributed by atoms with Crippen LogP contribution in [0.4, 0.5) is 5.69 Å². The van der Waals surface area contributed by atoms with Crippen molar-refractivity contribution in [2.75, 3.05) is 5.32 Å². The van der Waals surface area contributed by atoms with E-state index in [2.05, 4.69) is 5.32 Å². The third kappa shape index (κ3) is 2.27. The Kier molecular flexibility index (Phi) is 3.40. The number of carbonyl (C=O) groups is 2. The topological polar surface area (TPSA) is 78.5 Å². The van der Waals surface area contributed by atoms with Gasteiger partial charge in [-0.05, 0) is 37.1 Å². The molecule has 2 heterocycles. The maximum Gasteiger partial charge on any atom is 0.230 e. The second kappa shape index (κ2) is 5.07. The Bertz CT molecular complexity index is 545. The van der Waals surface area contributed by atoms with E-state index in [9.17, 15) is 14.7 Å². The lowest BCUT2D eigenvalue weighted by Gasteiger charge is -2.27. The number of aliphatic carboxylic acids is 1. The number of amides is 1. The second-order valence-corrected chi connectivity index (χ2v) is 5.59. The Morgan fingerprint density at radius 2 is 1.75 bits per heavy atom. The monoisotopic (exact) mass is 294 g/mol. The van der Waals surface area contributed by atoms with Crippen LogP contribution in [0.25, 0.3) is 0 Å². The van der Waals surface area contributed by atoms with E-state index in [1.165, 1.54) is 0 Å². The van der Waals surface area contributed by atoms with Gasteiger partial charge in [0.05, 0.1) is 18.1 Å². The fourth-order valence-corrected chi connectivity index (χ4v) is 3.20. The molecule has 1 aromatic rings. The van der Waals surface area contributed by atoms with Crippen molar-refractivity contribution in [3.63, 3.8) is 0 Å². The van der Waals surface area contributed by atoms with E-state index >= 15 is 0 Å². The van der Waals surface area contributed by atoms with Crippen LogP contribution in [0.2, 0.25) is 5.02 Å². The van der Waals surface area contributed by atoms with Crippen molar-refractivity contribution in [3.8, 4) is 0 Å². The van der Waals surface area contributed by atoms with Crippen molar-refractivity contribution < 1.29 is 19.4 Å². The predicted molar refractivity (Wildman–Crippen MR) is 70.0 cm³/mol. The summed E-state index contributed by atoms with van der Waals surface area (Å²) in [6.45, 7) is 0. The van der Waals surface area contributed by atoms with E-state index in [4.69, 9.17) is 16.3 Å². The number of fused-ring (bicyclic) bond motifs is 2. The maximum absolute atomic E-state index is 12.3. The molecular weight excluding hydrogens is 282 g/mol. The Morgan fingerprint density at radius 1 is 1.15 bits per heavy atom. The van der Waals surface area contributed by atoms with Crippen LogP contribution in [0.5, 0.6) is 0 Å². The molecule has 3 rings (SSSR count). The number of hydrogen-bond donors (Lipinski definition) is 1. The first-order valence-electron chi connectivity index (χ1n) is 6.49. The molecule has 0 aromatic heterocycles. The van der Waals surface area contributed by atoms with Crippen molar-refractivity contribution in [2.45, 2.75) is 25.0 Å². The molecule has 0 spiro atoms. The van der Waals surface area contributed by atoms with Crippen molar-refractivity contribution in [3.05, 3.63) is 29.3 Å². The molecule has 4 atom stereocenters. The van der Waals surface area contributed by atoms with E-state index in [0.29, 0.717) is 23.6 Å². The van der Waals surface area contributed by atoms with Crippen LogP contribution in [0, 0.1) is 11.8 Å². The van der Waals surface area contributed by atoms with E-state index in [1.807, 2.05) is 0 Å². The number of hydrogen-bond acceptors (Lipinski definition) is 4. The molecule has 1 N–H and O–H groups in total. The molecule has 6 heteroatoms. The summed E-state index contributed by atoms with van der Waals surface area (Å²) in [7, 11) is 0. The van der Waals surface area contributed by atoms with E-state index in [0.717, 1.165) is 0 Å². The minimum absolute atomic E-state index is 0.324. The number of anilines is 1. The van der Waals surface area contributed by atoms with Gasteiger partial charge in [-0.25, -0.2) is 0 Å². The smallest absolute Gasteiger partial charge is 0.230 e. The first kappa shape index (κ1) is 13.4. The van der Waals surface area contributed by atoms with Crippen LogP contribution in [0.15, 0.2) is 24.3 Å². The molecule has 2 aliphatic heterocycles. The number of benzene rings is 1. The summed E-state index contributed by atoms with van der Waals surface area (Å²) < 4.78 is 5.53. The van der Waals surface area contributed by atoms with Crippen molar-refractivity contribution >= 4 is 29.2 Å². The number of carbonyl (C=O) groups excluding carboxylic acids is 2. The zero-order chi connectivity index (χ0) is 14.3. The molecule has 0 saturated carbocycles. The lowest BCUT2D eigenvalue weighted by molar-refractivity contribution is -0.313. The standard InChI is InChI=1S/C14H14ClNO4/c15-7-1-3-8(4-2-7)16-13(17)11-9-5-6-10(20-9)12(11)14(18)19/h1-4,9-12H,5-6H2,(H,16,17)(H,18,19)/p-1/t9-,10+,11-,12-/m0/s1. The van der Waals surface area contributed by atoms with Gasteiger partial charge in [-0.3, -0.25) is 4.79 Å². The summed E-state index contributed by atoms with van der Waals surface area (Å²) in [5, 5.41) is 14.5. The first-order valence-corrected chi connectivity index (χ1v) is 6.87. The van der Waals surface area contributed by atoms with Gasteiger partial charge in [-0.15, -0.1) is 0 Å². The molecular formula is C14H13ClNO4-. The molecule has 20 heavy (non-hydrogen) atoms. The van der Waals surface area contributed by atoms with Gasteiger partial charge in [0, 0.05) is 22.6 Å². The average Bonchev–Trinajstić information content (AvgIpc) is 3.01. The fraction of sp³-hybridized carbons (Fsp3) is 0.429. The van der Waals surface area contributed by atoms with E-state index < -0.39 is 23.9 Å². The Hall–Kier alpha value is -1.59. The average molecular weight is 295 g/mol. The SMILES string of the molecule is O=C(Nc1ccc(Cl)cc1)[C@@H]1[C@@H](C(=O)[O-])[C@H]2CC[C@@H]1O2. The zero-order valence-electron chi connectivity index (χ0n) is 10.5. The Morgan fingerprint density at radius 3 is 2.35 bits per heavy atom. The molecule has 1 aromatic carbocycles. The van der Waals surface area contributed by atoms with Gasteiger partial charge in [-0.1, -0.05) is 11.6 Å². The number of carboxylic acids is 1. The number of nitrogens with one attached hydrogen (secondary N) is 1. The summed E-state index contributed by atoms with van der Waals surface area (Å²) in [6.07, 6.45) is 0.669. The highest BCUT2D eigenvalue weighted by atomic mass is 35.5. The van der Waals surface area contributed by atoms with Gasteiger partial charge in [0.25, 0.3) is 0 Å². The predicted octanol–water partition coefficient (Wildman–Crippen LogP) is 0.822. The zero-order valence-corrected chi connectivity index (χ0v) is 11.3. The Balaban J connectivity index is 1.76. The number of ether oxygens (including phenoxy) is 1. The van der Waals surface area contributed by atoms with Crippen molar-refractivity contribution in [2.24, 2.45) is 11.8 Å². The largest absolute Gasteiger partial charge is 0.550 e. The van der Waals surface area contributed by atoms with Crippen molar-refractivity contribution in [1.82, 2.24) is 0 Å². The summed E-state index contributed by atoms with van der Waals surface area (Å²) in [5.41, 5.74) is 0.583. The number of halogens is 1. The van der Waals surface area contributed by atoms with Crippen LogP contribution < -0.4 is 10.4 Å². The first-order chi connectivity index (χ1) is 9.56. The minimum Gasteiger partial charge on any atom is -0.550 e. The maximum atomic E-state index is 12.3. The van der Waals surface area contributed by atoms with Crippen molar-refractivity contribution in [1.29, 1.82) is 0 Å². The minimum atomic E-state index is -1.21. The molecule has 5 nitrogen and oxygen atoms in total. The van der Waals surface area contributed by atoms with Crippen LogP contribution in [-0.4, -0.2) is 24.1 Å². The molecule has 2 bridgehead atoms. The molecule has 2 aliphatic rings. The Labute approximate surface area is 120 Å². The highest BCUT2D eigenvalue weighted by Gasteiger charge is 2.52. The summed E-state index contributed by atoms with van der Waals surface area (Å²) in [4.78, 5) is 23.5. The second-order valence-electron chi connectivity index (χ2n) is 5.16. The van der Waals surface area contributed by atoms with Gasteiger partial charge in [0.2, 0.25) is 5.91 Å². The fourth-order valence-electron chi connectivity index (χ4n) is 3.07. The molecule has 106 valence electrons. The van der Waals surface area contributed by atoms with E-state index in [-0.39, 0.29) is 12.0 Å². The lowest BCUT2D eigenvalue weighted by Crippen LogP contribution is -2.46. The molecule has 2 saturated heterocycles. The van der Waals surface area contributed by atoms with Gasteiger partial charge >= 0.3 is 0 Å². The molecule has 2 fully saturated rings. The molecule has 0 aliphatic carbocycles. The van der Waals surface area contributed by atoms with Gasteiger partial charge in [-0.2, -0.15) is 0 Å². The van der Waals surface area contributed by atoms with Crippen LogP contribution >= 0.6 is 11.6 Å². The normalized spacial score (nSPS) is 31.2.